The van der Waals surface area contributed by atoms with Gasteiger partial charge < -0.3 is 19.6 Å². The van der Waals surface area contributed by atoms with Gasteiger partial charge in [-0.2, -0.15) is 0 Å². The highest BCUT2D eigenvalue weighted by atomic mass is 31.2. The van der Waals surface area contributed by atoms with Crippen LogP contribution in [-0.2, 0) is 29.4 Å². The Bertz CT molecular complexity index is 1040. The van der Waals surface area contributed by atoms with E-state index in [0.717, 1.165) is 32.1 Å². The van der Waals surface area contributed by atoms with Crippen molar-refractivity contribution in [3.8, 4) is 5.75 Å². The van der Waals surface area contributed by atoms with Crippen molar-refractivity contribution in [2.45, 2.75) is 63.2 Å². The minimum Gasteiger partial charge on any atom is -0.427 e. The van der Waals surface area contributed by atoms with Gasteiger partial charge in [0, 0.05) is 30.8 Å². The molecule has 1 aromatic heterocycles. The Morgan fingerprint density at radius 1 is 1.06 bits per heavy atom. The molecule has 2 atom stereocenters. The molecule has 2 aromatic rings. The molecule has 12 heteroatoms. The van der Waals surface area contributed by atoms with Crippen LogP contribution in [0.4, 0.5) is 0 Å². The SMILES string of the molecule is CCCCCCCC(=O)Oc1ccc(C2OP(=O)(O)C(O)(Cc3cccnc3)P(=O)(O)O2)cc1. The zero-order chi connectivity index (χ0) is 24.8. The summed E-state index contributed by atoms with van der Waals surface area (Å²) in [5.74, 6) is -0.139. The summed E-state index contributed by atoms with van der Waals surface area (Å²) in [7, 11) is -10.1. The number of pyridine rings is 1. The van der Waals surface area contributed by atoms with E-state index in [9.17, 15) is 28.8 Å². The van der Waals surface area contributed by atoms with E-state index in [1.807, 2.05) is 0 Å². The molecule has 34 heavy (non-hydrogen) atoms. The minimum atomic E-state index is -5.07. The van der Waals surface area contributed by atoms with Gasteiger partial charge in [0.05, 0.1) is 0 Å². The van der Waals surface area contributed by atoms with Crippen LogP contribution in [0, 0.1) is 0 Å². The number of aromatic nitrogens is 1. The molecule has 0 spiro atoms. The first-order chi connectivity index (χ1) is 16.1. The Labute approximate surface area is 198 Å². The molecule has 2 unspecified atom stereocenters. The number of carbonyl (C=O) groups excluding carboxylic acids is 1. The lowest BCUT2D eigenvalue weighted by molar-refractivity contribution is -0.134. The van der Waals surface area contributed by atoms with Crippen LogP contribution in [0.1, 0.15) is 62.9 Å². The van der Waals surface area contributed by atoms with Gasteiger partial charge in [0.15, 0.2) is 0 Å². The van der Waals surface area contributed by atoms with Crippen molar-refractivity contribution in [1.82, 2.24) is 4.98 Å². The van der Waals surface area contributed by atoms with Gasteiger partial charge in [-0.05, 0) is 30.2 Å². The summed E-state index contributed by atoms with van der Waals surface area (Å²) in [6.07, 6.45) is 5.66. The van der Waals surface area contributed by atoms with E-state index in [0.29, 0.717) is 0 Å². The Kier molecular flexibility index (Phi) is 8.82. The van der Waals surface area contributed by atoms with Gasteiger partial charge in [0.25, 0.3) is 5.08 Å². The lowest BCUT2D eigenvalue weighted by atomic mass is 10.1. The van der Waals surface area contributed by atoms with Crippen LogP contribution in [0.15, 0.2) is 48.8 Å². The van der Waals surface area contributed by atoms with Gasteiger partial charge in [0.2, 0.25) is 6.29 Å². The zero-order valence-corrected chi connectivity index (χ0v) is 20.6. The highest BCUT2D eigenvalue weighted by Crippen LogP contribution is 2.79. The maximum atomic E-state index is 12.9. The second kappa shape index (κ2) is 11.2. The van der Waals surface area contributed by atoms with E-state index in [-0.39, 0.29) is 29.3 Å². The van der Waals surface area contributed by atoms with Crippen LogP contribution in [-0.4, -0.2) is 30.9 Å². The molecular weight excluding hydrogens is 484 g/mol. The van der Waals surface area contributed by atoms with Crippen molar-refractivity contribution < 1.29 is 42.6 Å². The number of ether oxygens (including phenoxy) is 1. The van der Waals surface area contributed by atoms with Crippen LogP contribution in [0.5, 0.6) is 5.75 Å². The van der Waals surface area contributed by atoms with Gasteiger partial charge in [-0.15, -0.1) is 0 Å². The predicted molar refractivity (Wildman–Crippen MR) is 123 cm³/mol. The average molecular weight is 513 g/mol. The van der Waals surface area contributed by atoms with Gasteiger partial charge in [0.1, 0.15) is 5.75 Å². The van der Waals surface area contributed by atoms with Crippen molar-refractivity contribution in [1.29, 1.82) is 0 Å². The van der Waals surface area contributed by atoms with Crippen molar-refractivity contribution in [2.24, 2.45) is 0 Å². The first-order valence-electron chi connectivity index (χ1n) is 11.0. The number of esters is 1. The zero-order valence-electron chi connectivity index (χ0n) is 18.8. The van der Waals surface area contributed by atoms with E-state index >= 15 is 0 Å². The first kappa shape index (κ1) is 26.7. The molecular formula is C22H29NO9P2. The second-order valence-corrected chi connectivity index (χ2v) is 12.4. The Balaban J connectivity index is 1.66. The topological polar surface area (TPSA) is 152 Å². The monoisotopic (exact) mass is 513 g/mol. The summed E-state index contributed by atoms with van der Waals surface area (Å²) in [5.41, 5.74) is 0.377. The van der Waals surface area contributed by atoms with Gasteiger partial charge in [-0.3, -0.25) is 28.0 Å². The fraction of sp³-hybridized carbons (Fsp3) is 0.455. The molecule has 1 fully saturated rings. The highest BCUT2D eigenvalue weighted by Gasteiger charge is 2.67. The van der Waals surface area contributed by atoms with E-state index in [4.69, 9.17) is 13.8 Å². The minimum absolute atomic E-state index is 0.131. The van der Waals surface area contributed by atoms with E-state index < -0.39 is 33.0 Å². The number of aliphatic hydroxyl groups is 1. The Hall–Kier alpha value is -1.90. The molecule has 186 valence electrons. The molecule has 3 N–H and O–H groups in total. The molecule has 1 aliphatic rings. The number of unbranched alkanes of at least 4 members (excludes halogenated alkanes) is 4. The van der Waals surface area contributed by atoms with E-state index in [1.165, 1.54) is 48.8 Å². The predicted octanol–water partition coefficient (Wildman–Crippen LogP) is 4.65. The quantitative estimate of drug-likeness (QED) is 0.177. The summed E-state index contributed by atoms with van der Waals surface area (Å²) in [6.45, 7) is 2.11. The Morgan fingerprint density at radius 3 is 2.29 bits per heavy atom. The summed E-state index contributed by atoms with van der Waals surface area (Å²) < 4.78 is 41.1. The fourth-order valence-corrected chi connectivity index (χ4v) is 7.03. The molecule has 0 bridgehead atoms. The maximum Gasteiger partial charge on any atom is 0.374 e. The van der Waals surface area contributed by atoms with E-state index in [1.54, 1.807) is 0 Å². The number of rotatable bonds is 10. The third-order valence-electron chi connectivity index (χ3n) is 5.41. The smallest absolute Gasteiger partial charge is 0.374 e. The fourth-order valence-electron chi connectivity index (χ4n) is 3.45. The molecule has 1 aromatic carbocycles. The summed E-state index contributed by atoms with van der Waals surface area (Å²) in [6, 6.07) is 8.57. The van der Waals surface area contributed by atoms with Crippen LogP contribution in [0.3, 0.4) is 0 Å². The number of hydrogen-bond donors (Lipinski definition) is 3. The van der Waals surface area contributed by atoms with Crippen molar-refractivity contribution in [2.75, 3.05) is 0 Å². The summed E-state index contributed by atoms with van der Waals surface area (Å²) in [5, 5.41) is 7.68. The second-order valence-electron chi connectivity index (χ2n) is 8.10. The molecule has 3 rings (SSSR count). The van der Waals surface area contributed by atoms with Crippen molar-refractivity contribution >= 4 is 21.2 Å². The molecule has 1 aliphatic heterocycles. The lowest BCUT2D eigenvalue weighted by Gasteiger charge is -2.41. The van der Waals surface area contributed by atoms with Crippen LogP contribution < -0.4 is 4.74 Å². The molecule has 0 saturated carbocycles. The summed E-state index contributed by atoms with van der Waals surface area (Å²) in [4.78, 5) is 36.6. The van der Waals surface area contributed by atoms with Crippen LogP contribution in [0.2, 0.25) is 0 Å². The summed E-state index contributed by atoms with van der Waals surface area (Å²) >= 11 is 0. The average Bonchev–Trinajstić information content (AvgIpc) is 2.78. The first-order valence-corrected chi connectivity index (χ1v) is 14.2. The van der Waals surface area contributed by atoms with Crippen LogP contribution in [0.25, 0.3) is 0 Å². The van der Waals surface area contributed by atoms with Gasteiger partial charge >= 0.3 is 21.2 Å². The Morgan fingerprint density at radius 2 is 1.71 bits per heavy atom. The number of benzene rings is 1. The standard InChI is InChI=1S/C22H29NO9P2/c1-2-3-4-5-6-9-20(24)30-19-12-10-18(11-13-19)21-31-33(26,27)22(25,34(28,29)32-21)15-17-8-7-14-23-16-17/h7-8,10-14,16,21,25H,2-6,9,15H2,1H3,(H,26,27)(H,28,29). The maximum absolute atomic E-state index is 12.9. The van der Waals surface area contributed by atoms with E-state index in [2.05, 4.69) is 11.9 Å². The van der Waals surface area contributed by atoms with Crippen LogP contribution >= 0.6 is 15.2 Å². The molecule has 0 aliphatic carbocycles. The van der Waals surface area contributed by atoms with Gasteiger partial charge in [-0.25, -0.2) is 0 Å². The normalized spacial score (nSPS) is 29.0. The third-order valence-corrected chi connectivity index (χ3v) is 10.0. The largest absolute Gasteiger partial charge is 0.427 e. The lowest BCUT2D eigenvalue weighted by Crippen LogP contribution is -2.37. The molecule has 10 nitrogen and oxygen atoms in total. The molecule has 0 amide bonds. The number of hydrogen-bond acceptors (Lipinski definition) is 8. The molecule has 1 saturated heterocycles. The van der Waals surface area contributed by atoms with Gasteiger partial charge in [-0.1, -0.05) is 50.8 Å². The molecule has 0 radical (unpaired) electrons. The number of nitrogens with zero attached hydrogens (tertiary/aromatic N) is 1. The highest BCUT2D eigenvalue weighted by molar-refractivity contribution is 7.73. The third kappa shape index (κ3) is 6.20. The number of carbonyl (C=O) groups is 1. The van der Waals surface area contributed by atoms with Crippen molar-refractivity contribution in [3.63, 3.8) is 0 Å². The van der Waals surface area contributed by atoms with Crippen molar-refractivity contribution in [3.05, 3.63) is 59.9 Å². The molecule has 2 heterocycles.